The molecule has 1 fully saturated rings. The number of halogens is 2. The molecule has 1 aromatic carbocycles. The highest BCUT2D eigenvalue weighted by Gasteiger charge is 2.29. The molecule has 0 radical (unpaired) electrons. The Morgan fingerprint density at radius 2 is 2.06 bits per heavy atom. The SMILES string of the molecule is O=C(N[C@@H]1CCCN(Cc2c(F)cccc2F)C1)N1CCc2[nH]nc(C3=CC=NCC3)c2C1. The van der Waals surface area contributed by atoms with E-state index in [1.165, 1.54) is 18.2 Å². The maximum Gasteiger partial charge on any atom is 0.317 e. The molecule has 9 heteroatoms. The summed E-state index contributed by atoms with van der Waals surface area (Å²) in [6, 6.07) is 3.79. The zero-order valence-corrected chi connectivity index (χ0v) is 18.5. The molecule has 174 valence electrons. The number of H-pyrrole nitrogens is 1. The fourth-order valence-electron chi connectivity index (χ4n) is 4.91. The molecule has 1 atom stereocenters. The van der Waals surface area contributed by atoms with E-state index in [1.807, 2.05) is 22.1 Å². The molecule has 0 bridgehead atoms. The summed E-state index contributed by atoms with van der Waals surface area (Å²) in [6.45, 7) is 3.42. The number of carbonyl (C=O) groups excluding carboxylic acids is 1. The summed E-state index contributed by atoms with van der Waals surface area (Å²) in [5, 5.41) is 10.8. The Bertz CT molecular complexity index is 1070. The number of allylic oxidation sites excluding steroid dienone is 1. The van der Waals surface area contributed by atoms with E-state index in [4.69, 9.17) is 0 Å². The van der Waals surface area contributed by atoms with Crippen LogP contribution in [0.15, 0.2) is 29.3 Å². The minimum Gasteiger partial charge on any atom is -0.334 e. The van der Waals surface area contributed by atoms with Crippen molar-refractivity contribution in [2.45, 2.75) is 44.8 Å². The number of nitrogens with one attached hydrogen (secondary N) is 2. The quantitative estimate of drug-likeness (QED) is 0.745. The summed E-state index contributed by atoms with van der Waals surface area (Å²) in [7, 11) is 0. The third-order valence-electron chi connectivity index (χ3n) is 6.69. The molecule has 3 aliphatic heterocycles. The Kier molecular flexibility index (Phi) is 6.22. The number of aromatic amines is 1. The number of benzene rings is 1. The molecule has 5 rings (SSSR count). The summed E-state index contributed by atoms with van der Waals surface area (Å²) in [5.41, 5.74) is 4.34. The van der Waals surface area contributed by atoms with Crippen LogP contribution in [0.2, 0.25) is 0 Å². The minimum atomic E-state index is -0.527. The maximum absolute atomic E-state index is 14.1. The van der Waals surface area contributed by atoms with E-state index in [0.717, 1.165) is 61.3 Å². The average Bonchev–Trinajstić information content (AvgIpc) is 3.26. The van der Waals surface area contributed by atoms with E-state index in [0.29, 0.717) is 19.6 Å². The summed E-state index contributed by atoms with van der Waals surface area (Å²) >= 11 is 0. The molecular weight excluding hydrogens is 426 g/mol. The van der Waals surface area contributed by atoms with Gasteiger partial charge in [0.05, 0.1) is 12.2 Å². The largest absolute Gasteiger partial charge is 0.334 e. The van der Waals surface area contributed by atoms with Crippen molar-refractivity contribution >= 4 is 17.8 Å². The molecule has 0 unspecified atom stereocenters. The number of piperidine rings is 1. The lowest BCUT2D eigenvalue weighted by Gasteiger charge is -2.35. The zero-order valence-electron chi connectivity index (χ0n) is 18.5. The van der Waals surface area contributed by atoms with Gasteiger partial charge in [-0.05, 0) is 49.6 Å². The third kappa shape index (κ3) is 4.68. The van der Waals surface area contributed by atoms with Gasteiger partial charge in [0.25, 0.3) is 0 Å². The number of likely N-dealkylation sites (tertiary alicyclic amines) is 1. The summed E-state index contributed by atoms with van der Waals surface area (Å²) in [4.78, 5) is 21.1. The Hall–Kier alpha value is -3.07. The van der Waals surface area contributed by atoms with Crippen molar-refractivity contribution in [1.82, 2.24) is 25.3 Å². The highest BCUT2D eigenvalue weighted by molar-refractivity contribution is 5.86. The van der Waals surface area contributed by atoms with Gasteiger partial charge in [-0.2, -0.15) is 5.10 Å². The van der Waals surface area contributed by atoms with Crippen LogP contribution in [0.4, 0.5) is 13.6 Å². The fraction of sp³-hybridized carbons (Fsp3) is 0.458. The van der Waals surface area contributed by atoms with Crippen molar-refractivity contribution in [3.05, 3.63) is 58.4 Å². The Morgan fingerprint density at radius 1 is 1.21 bits per heavy atom. The molecule has 1 saturated heterocycles. The van der Waals surface area contributed by atoms with Crippen molar-refractivity contribution in [2.24, 2.45) is 4.99 Å². The van der Waals surface area contributed by atoms with E-state index in [9.17, 15) is 13.6 Å². The highest BCUT2D eigenvalue weighted by Crippen LogP contribution is 2.28. The first-order valence-electron chi connectivity index (χ1n) is 11.5. The van der Waals surface area contributed by atoms with Crippen LogP contribution < -0.4 is 5.32 Å². The van der Waals surface area contributed by atoms with E-state index < -0.39 is 11.6 Å². The molecule has 3 aliphatic rings. The van der Waals surface area contributed by atoms with Crippen molar-refractivity contribution in [3.63, 3.8) is 0 Å². The van der Waals surface area contributed by atoms with Gasteiger partial charge in [-0.15, -0.1) is 0 Å². The Morgan fingerprint density at radius 3 is 2.85 bits per heavy atom. The molecule has 2 amide bonds. The first-order valence-corrected chi connectivity index (χ1v) is 11.5. The van der Waals surface area contributed by atoms with Crippen molar-refractivity contribution in [2.75, 3.05) is 26.2 Å². The Labute approximate surface area is 191 Å². The molecule has 0 saturated carbocycles. The van der Waals surface area contributed by atoms with Crippen LogP contribution >= 0.6 is 0 Å². The second-order valence-electron chi connectivity index (χ2n) is 8.92. The van der Waals surface area contributed by atoms with Crippen LogP contribution in [0.3, 0.4) is 0 Å². The van der Waals surface area contributed by atoms with Crippen LogP contribution in [0.1, 0.15) is 41.8 Å². The van der Waals surface area contributed by atoms with Crippen LogP contribution in [0, 0.1) is 11.6 Å². The molecule has 2 N–H and O–H groups in total. The molecule has 2 aromatic rings. The summed E-state index contributed by atoms with van der Waals surface area (Å²) in [6.07, 6.45) is 7.11. The number of aliphatic imine (C=N–C) groups is 1. The summed E-state index contributed by atoms with van der Waals surface area (Å²) in [5.74, 6) is -1.05. The second-order valence-corrected chi connectivity index (χ2v) is 8.92. The topological polar surface area (TPSA) is 76.6 Å². The van der Waals surface area contributed by atoms with Crippen molar-refractivity contribution in [1.29, 1.82) is 0 Å². The Balaban J connectivity index is 1.21. The molecule has 7 nitrogen and oxygen atoms in total. The predicted molar refractivity (Wildman–Crippen MR) is 122 cm³/mol. The number of dihydropyridines is 1. The molecule has 1 aromatic heterocycles. The lowest BCUT2D eigenvalue weighted by molar-refractivity contribution is 0.158. The van der Waals surface area contributed by atoms with Gasteiger partial charge in [-0.1, -0.05) is 6.07 Å². The van der Waals surface area contributed by atoms with Crippen molar-refractivity contribution in [3.8, 4) is 0 Å². The number of carbonyl (C=O) groups is 1. The summed E-state index contributed by atoms with van der Waals surface area (Å²) < 4.78 is 28.1. The first-order chi connectivity index (χ1) is 16.1. The predicted octanol–water partition coefficient (Wildman–Crippen LogP) is 3.28. The smallest absolute Gasteiger partial charge is 0.317 e. The van der Waals surface area contributed by atoms with Gasteiger partial charge < -0.3 is 10.2 Å². The van der Waals surface area contributed by atoms with Crippen LogP contribution in [0.5, 0.6) is 0 Å². The second kappa shape index (κ2) is 9.43. The number of nitrogens with zero attached hydrogens (tertiary/aromatic N) is 4. The van der Waals surface area contributed by atoms with E-state index in [-0.39, 0.29) is 24.2 Å². The lowest BCUT2D eigenvalue weighted by Crippen LogP contribution is -2.52. The van der Waals surface area contributed by atoms with Gasteiger partial charge in [-0.25, -0.2) is 13.6 Å². The van der Waals surface area contributed by atoms with Crippen molar-refractivity contribution < 1.29 is 13.6 Å². The number of fused-ring (bicyclic) bond motifs is 1. The molecule has 0 aliphatic carbocycles. The van der Waals surface area contributed by atoms with E-state index >= 15 is 0 Å². The molecular formula is C24H28F2N6O. The van der Waals surface area contributed by atoms with E-state index in [2.05, 4.69) is 20.5 Å². The van der Waals surface area contributed by atoms with Gasteiger partial charge >= 0.3 is 6.03 Å². The fourth-order valence-corrected chi connectivity index (χ4v) is 4.91. The number of aromatic nitrogens is 2. The highest BCUT2D eigenvalue weighted by atomic mass is 19.1. The normalized spacial score (nSPS) is 21.0. The third-order valence-corrected chi connectivity index (χ3v) is 6.69. The number of hydrogen-bond donors (Lipinski definition) is 2. The molecule has 0 spiro atoms. The number of rotatable bonds is 4. The van der Waals surface area contributed by atoms with Gasteiger partial charge in [0.1, 0.15) is 11.6 Å². The maximum atomic E-state index is 14.1. The number of urea groups is 1. The first kappa shape index (κ1) is 21.8. The van der Waals surface area contributed by atoms with Crippen LogP contribution in [-0.4, -0.2) is 64.5 Å². The monoisotopic (exact) mass is 454 g/mol. The average molecular weight is 455 g/mol. The zero-order chi connectivity index (χ0) is 22.8. The molecule has 33 heavy (non-hydrogen) atoms. The van der Waals surface area contributed by atoms with Crippen LogP contribution in [-0.2, 0) is 19.5 Å². The van der Waals surface area contributed by atoms with Gasteiger partial charge in [0.2, 0.25) is 0 Å². The van der Waals surface area contributed by atoms with Crippen LogP contribution in [0.25, 0.3) is 5.57 Å². The van der Waals surface area contributed by atoms with Gasteiger partial charge in [-0.3, -0.25) is 15.0 Å². The number of amides is 2. The molecule has 4 heterocycles. The van der Waals surface area contributed by atoms with Gasteiger partial charge in [0.15, 0.2) is 0 Å². The standard InChI is InChI=1S/C24H28F2N6O/c25-20-4-1-5-21(26)18(20)14-31-11-2-3-17(13-31)28-24(33)32-12-8-22-19(15-32)23(30-29-22)16-6-9-27-10-7-16/h1,4-6,9,17H,2-3,7-8,10-15H2,(H,28,33)(H,29,30)/t17-/m1/s1. The van der Waals surface area contributed by atoms with Gasteiger partial charge in [0, 0.05) is 61.7 Å². The number of hydrogen-bond acceptors (Lipinski definition) is 4. The van der Waals surface area contributed by atoms with E-state index in [1.54, 1.807) is 0 Å². The lowest BCUT2D eigenvalue weighted by atomic mass is 9.98. The minimum absolute atomic E-state index is 0.0523.